The van der Waals surface area contributed by atoms with Crippen molar-refractivity contribution in [1.82, 2.24) is 4.98 Å². The number of methoxy groups -OCH3 is 1. The minimum atomic E-state index is -0.00946. The van der Waals surface area contributed by atoms with Gasteiger partial charge in [0.1, 0.15) is 30.8 Å². The first kappa shape index (κ1) is 32.4. The number of pyridine rings is 1. The van der Waals surface area contributed by atoms with Crippen molar-refractivity contribution in [1.29, 1.82) is 0 Å². The second-order valence-corrected chi connectivity index (χ2v) is 8.22. The van der Waals surface area contributed by atoms with Gasteiger partial charge >= 0.3 is 0 Å². The highest BCUT2D eigenvalue weighted by atomic mass is 16.5. The molecule has 0 unspecified atom stereocenters. The number of hydrogen-bond donors (Lipinski definition) is 4. The number of aromatic nitrogens is 1. The van der Waals surface area contributed by atoms with Crippen molar-refractivity contribution in [2.45, 2.75) is 59.4 Å². The second-order valence-electron chi connectivity index (χ2n) is 8.22. The number of nitrogens with zero attached hydrogens (tertiary/aromatic N) is 1. The molecule has 8 nitrogen and oxygen atoms in total. The van der Waals surface area contributed by atoms with Crippen LogP contribution in [0, 0.1) is 12.8 Å². The Hall–Kier alpha value is -3.65. The highest BCUT2D eigenvalue weighted by Crippen LogP contribution is 2.37. The van der Waals surface area contributed by atoms with Crippen LogP contribution in [0.5, 0.6) is 11.5 Å². The monoisotopic (exact) mass is 498 g/mol. The maximum absolute atomic E-state index is 9.94. The van der Waals surface area contributed by atoms with E-state index in [0.717, 1.165) is 33.5 Å². The maximum Gasteiger partial charge on any atom is 0.146 e. The Morgan fingerprint density at radius 1 is 0.944 bits per heavy atom. The number of anilines is 2. The van der Waals surface area contributed by atoms with Crippen molar-refractivity contribution in [3.05, 3.63) is 42.1 Å². The zero-order valence-electron chi connectivity index (χ0n) is 22.2. The number of carbonyl (C=O) groups is 2. The Bertz CT molecular complexity index is 1060. The standard InChI is InChI=1S/C17H17N3O2.C7H15N.C2H6.2CH2O/c1-9-8-20-13-4-3-10(5-12(13)16(9)18)11-6-14(21)17(19)15(7-11)22-2;1-6-2-4-7(8)5-3-6;3*1-2/h3-8,21H,19H2,1-2H3,(H2,18,20);6-7H,2-5,8H2,1H3;1-2H3;2*1H2. The quantitative estimate of drug-likeness (QED) is 0.275. The van der Waals surface area contributed by atoms with Crippen molar-refractivity contribution in [3.8, 4) is 22.6 Å². The molecule has 1 aliphatic rings. The molecule has 4 rings (SSSR count). The summed E-state index contributed by atoms with van der Waals surface area (Å²) in [6.45, 7) is 12.2. The van der Waals surface area contributed by atoms with E-state index in [9.17, 15) is 5.11 Å². The Morgan fingerprint density at radius 2 is 1.53 bits per heavy atom. The molecule has 0 saturated heterocycles. The summed E-state index contributed by atoms with van der Waals surface area (Å²) in [5, 5.41) is 10.8. The Labute approximate surface area is 214 Å². The van der Waals surface area contributed by atoms with Crippen LogP contribution in [0.2, 0.25) is 0 Å². The number of hydrogen-bond acceptors (Lipinski definition) is 8. The van der Waals surface area contributed by atoms with Crippen LogP contribution in [0.25, 0.3) is 22.0 Å². The van der Waals surface area contributed by atoms with E-state index in [1.165, 1.54) is 32.8 Å². The van der Waals surface area contributed by atoms with Crippen LogP contribution in [0.15, 0.2) is 36.5 Å². The number of nitrogens with two attached hydrogens (primary N) is 3. The minimum Gasteiger partial charge on any atom is -0.506 e. The summed E-state index contributed by atoms with van der Waals surface area (Å²) in [6.07, 6.45) is 6.96. The average molecular weight is 499 g/mol. The lowest BCUT2D eigenvalue weighted by Crippen LogP contribution is -2.25. The molecule has 0 amide bonds. The lowest BCUT2D eigenvalue weighted by Gasteiger charge is -2.22. The van der Waals surface area contributed by atoms with E-state index in [2.05, 4.69) is 11.9 Å². The fourth-order valence-electron chi connectivity index (χ4n) is 3.73. The second kappa shape index (κ2) is 16.9. The first-order chi connectivity index (χ1) is 17.3. The first-order valence-corrected chi connectivity index (χ1v) is 11.9. The van der Waals surface area contributed by atoms with Crippen LogP contribution in [0.1, 0.15) is 52.0 Å². The number of ether oxygens (including phenoxy) is 1. The summed E-state index contributed by atoms with van der Waals surface area (Å²) >= 11 is 0. The smallest absolute Gasteiger partial charge is 0.146 e. The van der Waals surface area contributed by atoms with E-state index in [1.807, 2.05) is 52.5 Å². The highest BCUT2D eigenvalue weighted by Gasteiger charge is 2.13. The molecule has 198 valence electrons. The first-order valence-electron chi connectivity index (χ1n) is 11.9. The molecule has 3 aromatic rings. The fourth-order valence-corrected chi connectivity index (χ4v) is 3.73. The molecule has 1 fully saturated rings. The molecule has 36 heavy (non-hydrogen) atoms. The SMILES string of the molecule is C=O.C=O.CC.CC1CCC(N)CC1.COc1cc(-c2ccc3ncc(C)c(N)c3c2)cc(O)c1N. The van der Waals surface area contributed by atoms with Gasteiger partial charge in [0.2, 0.25) is 0 Å². The topological polar surface area (TPSA) is 155 Å². The molecule has 1 heterocycles. The molecule has 0 aliphatic heterocycles. The van der Waals surface area contributed by atoms with Crippen LogP contribution < -0.4 is 21.9 Å². The third-order valence-corrected chi connectivity index (χ3v) is 5.84. The molecule has 1 aliphatic carbocycles. The summed E-state index contributed by atoms with van der Waals surface area (Å²) in [7, 11) is 1.51. The Morgan fingerprint density at radius 3 is 2.06 bits per heavy atom. The molecular formula is C28H42N4O4. The molecular weight excluding hydrogens is 456 g/mol. The summed E-state index contributed by atoms with van der Waals surface area (Å²) in [5.41, 5.74) is 22.0. The van der Waals surface area contributed by atoms with E-state index in [0.29, 0.717) is 17.5 Å². The van der Waals surface area contributed by atoms with Gasteiger partial charge < -0.3 is 36.6 Å². The Balaban J connectivity index is 0.000000731. The van der Waals surface area contributed by atoms with Crippen molar-refractivity contribution >= 4 is 35.9 Å². The van der Waals surface area contributed by atoms with Gasteiger partial charge in [0.25, 0.3) is 0 Å². The highest BCUT2D eigenvalue weighted by molar-refractivity contribution is 5.95. The zero-order valence-corrected chi connectivity index (χ0v) is 22.2. The lowest BCUT2D eigenvalue weighted by molar-refractivity contribution is -0.0987. The number of benzene rings is 2. The average Bonchev–Trinajstić information content (AvgIpc) is 2.93. The normalized spacial score (nSPS) is 15.8. The van der Waals surface area contributed by atoms with Gasteiger partial charge in [-0.3, -0.25) is 4.98 Å². The maximum atomic E-state index is 9.94. The van der Waals surface area contributed by atoms with Gasteiger partial charge in [-0.15, -0.1) is 0 Å². The molecule has 0 spiro atoms. The molecule has 1 saturated carbocycles. The van der Waals surface area contributed by atoms with E-state index >= 15 is 0 Å². The molecule has 1 aromatic heterocycles. The number of rotatable bonds is 2. The summed E-state index contributed by atoms with van der Waals surface area (Å²) in [4.78, 5) is 20.4. The molecule has 0 radical (unpaired) electrons. The molecule has 7 N–H and O–H groups in total. The van der Waals surface area contributed by atoms with Gasteiger partial charge in [-0.25, -0.2) is 0 Å². The summed E-state index contributed by atoms with van der Waals surface area (Å²) in [6, 6.07) is 9.70. The van der Waals surface area contributed by atoms with Gasteiger partial charge in [-0.2, -0.15) is 0 Å². The van der Waals surface area contributed by atoms with Crippen LogP contribution in [-0.4, -0.2) is 36.8 Å². The van der Waals surface area contributed by atoms with Gasteiger partial charge in [-0.05, 0) is 79.5 Å². The lowest BCUT2D eigenvalue weighted by atomic mass is 9.88. The summed E-state index contributed by atoms with van der Waals surface area (Å²) < 4.78 is 5.20. The Kier molecular flexibility index (Phi) is 15.2. The molecule has 0 atom stereocenters. The van der Waals surface area contributed by atoms with Crippen LogP contribution in [-0.2, 0) is 9.59 Å². The number of phenolic OH excluding ortho intramolecular Hbond substituents is 1. The van der Waals surface area contributed by atoms with Gasteiger partial charge in [0.05, 0.1) is 12.6 Å². The van der Waals surface area contributed by atoms with E-state index in [4.69, 9.17) is 31.5 Å². The fraction of sp³-hybridized carbons (Fsp3) is 0.393. The van der Waals surface area contributed by atoms with E-state index < -0.39 is 0 Å². The van der Waals surface area contributed by atoms with E-state index in [-0.39, 0.29) is 11.4 Å². The number of aromatic hydroxyl groups is 1. The van der Waals surface area contributed by atoms with Crippen molar-refractivity contribution in [2.24, 2.45) is 11.7 Å². The predicted molar refractivity (Wildman–Crippen MR) is 150 cm³/mol. The van der Waals surface area contributed by atoms with Crippen LogP contribution in [0.3, 0.4) is 0 Å². The minimum absolute atomic E-state index is 0.00946. The van der Waals surface area contributed by atoms with Gasteiger partial charge in [0, 0.05) is 23.3 Å². The third kappa shape index (κ3) is 8.85. The number of aryl methyl sites for hydroxylation is 1. The van der Waals surface area contributed by atoms with Crippen molar-refractivity contribution in [3.63, 3.8) is 0 Å². The zero-order chi connectivity index (χ0) is 27.8. The predicted octanol–water partition coefficient (Wildman–Crippen LogP) is 5.27. The van der Waals surface area contributed by atoms with E-state index in [1.54, 1.807) is 18.3 Å². The number of nitrogen functional groups attached to an aromatic ring is 2. The summed E-state index contributed by atoms with van der Waals surface area (Å²) in [5.74, 6) is 1.37. The third-order valence-electron chi connectivity index (χ3n) is 5.84. The number of carbonyl (C=O) groups excluding carboxylic acids is 2. The van der Waals surface area contributed by atoms with Gasteiger partial charge in [0.15, 0.2) is 0 Å². The number of fused-ring (bicyclic) bond motifs is 1. The molecule has 8 heteroatoms. The molecule has 2 aromatic carbocycles. The van der Waals surface area contributed by atoms with Crippen LogP contribution in [0.4, 0.5) is 11.4 Å². The van der Waals surface area contributed by atoms with Gasteiger partial charge in [-0.1, -0.05) is 26.8 Å². The van der Waals surface area contributed by atoms with Crippen molar-refractivity contribution < 1.29 is 19.4 Å². The largest absolute Gasteiger partial charge is 0.506 e. The van der Waals surface area contributed by atoms with Crippen molar-refractivity contribution in [2.75, 3.05) is 18.6 Å². The number of phenols is 1. The van der Waals surface area contributed by atoms with Crippen LogP contribution >= 0.6 is 0 Å². The molecule has 0 bridgehead atoms.